The highest BCUT2D eigenvalue weighted by Crippen LogP contribution is 2.22. The van der Waals surface area contributed by atoms with Gasteiger partial charge in [-0.15, -0.1) is 0 Å². The number of aromatic nitrogens is 2. The van der Waals surface area contributed by atoms with E-state index in [1.807, 2.05) is 6.92 Å². The van der Waals surface area contributed by atoms with E-state index in [-0.39, 0.29) is 0 Å². The molecule has 62 valence electrons. The van der Waals surface area contributed by atoms with Crippen LogP contribution in [0.2, 0.25) is 0 Å². The molecule has 4 nitrogen and oxygen atoms in total. The molecule has 4 heteroatoms. The lowest BCUT2D eigenvalue weighted by Gasteiger charge is -1.93. The van der Waals surface area contributed by atoms with Gasteiger partial charge >= 0.3 is 0 Å². The molecule has 0 amide bonds. The predicted octanol–water partition coefficient (Wildman–Crippen LogP) is 1.37. The Hall–Kier alpha value is -1.58. The lowest BCUT2D eigenvalue weighted by Crippen LogP contribution is -1.89. The highest BCUT2D eigenvalue weighted by Gasteiger charge is 2.09. The summed E-state index contributed by atoms with van der Waals surface area (Å²) in [5.74, 6) is 0. The summed E-state index contributed by atoms with van der Waals surface area (Å²) in [6.07, 6.45) is 2.42. The highest BCUT2D eigenvalue weighted by molar-refractivity contribution is 5.88. The van der Waals surface area contributed by atoms with Crippen molar-refractivity contribution in [2.24, 2.45) is 0 Å². The van der Waals surface area contributed by atoms with Gasteiger partial charge in [0.25, 0.3) is 5.71 Å². The molecule has 2 aromatic rings. The Bertz CT molecular complexity index is 408. The number of hydrogen-bond donors (Lipinski definition) is 1. The Kier molecular flexibility index (Phi) is 1.46. The first kappa shape index (κ1) is 7.09. The molecule has 0 aliphatic heterocycles. The summed E-state index contributed by atoms with van der Waals surface area (Å²) in [5, 5.41) is 4.70. The normalized spacial score (nSPS) is 10.8. The number of fused-ring (bicyclic) bond motifs is 1. The van der Waals surface area contributed by atoms with Crippen molar-refractivity contribution in [3.8, 4) is 0 Å². The Morgan fingerprint density at radius 1 is 1.58 bits per heavy atom. The third-order valence-electron chi connectivity index (χ3n) is 1.81. The maximum Gasteiger partial charge on any atom is 0.260 e. The maximum absolute atomic E-state index is 5.74. The van der Waals surface area contributed by atoms with Crippen LogP contribution in [0.4, 0.5) is 5.69 Å². The van der Waals surface area contributed by atoms with Crippen LogP contribution in [0.15, 0.2) is 16.8 Å². The van der Waals surface area contributed by atoms with Crippen LogP contribution in [0, 0.1) is 0 Å². The first-order valence-electron chi connectivity index (χ1n) is 3.81. The van der Waals surface area contributed by atoms with E-state index in [1.54, 1.807) is 12.3 Å². The molecule has 0 spiro atoms. The summed E-state index contributed by atoms with van der Waals surface area (Å²) in [5.41, 5.74) is 7.81. The zero-order valence-electron chi connectivity index (χ0n) is 6.74. The Morgan fingerprint density at radius 3 is 3.17 bits per heavy atom. The molecule has 0 aliphatic carbocycles. The van der Waals surface area contributed by atoms with E-state index in [0.717, 1.165) is 17.5 Å². The van der Waals surface area contributed by atoms with E-state index >= 15 is 0 Å². The fraction of sp³-hybridized carbons (Fsp3) is 0.250. The van der Waals surface area contributed by atoms with Gasteiger partial charge in [0, 0.05) is 11.9 Å². The molecule has 0 radical (unpaired) electrons. The first-order chi connectivity index (χ1) is 5.83. The fourth-order valence-corrected chi connectivity index (χ4v) is 1.20. The largest absolute Gasteiger partial charge is 0.398 e. The van der Waals surface area contributed by atoms with Crippen LogP contribution in [-0.4, -0.2) is 10.1 Å². The van der Waals surface area contributed by atoms with Crippen LogP contribution in [0.1, 0.15) is 12.6 Å². The van der Waals surface area contributed by atoms with Gasteiger partial charge in [0.2, 0.25) is 0 Å². The van der Waals surface area contributed by atoms with Crippen molar-refractivity contribution >= 4 is 16.8 Å². The zero-order chi connectivity index (χ0) is 8.55. The van der Waals surface area contributed by atoms with E-state index in [0.29, 0.717) is 11.4 Å². The van der Waals surface area contributed by atoms with Gasteiger partial charge in [-0.05, 0) is 12.5 Å². The molecule has 0 unspecified atom stereocenters. The standard InChI is InChI=1S/C8H9N3O/c1-2-6-7-5(9)3-4-10-8(7)12-11-6/h3-4H,2H2,1H3,(H2,9,10). The monoisotopic (exact) mass is 163 g/mol. The van der Waals surface area contributed by atoms with Gasteiger partial charge in [0.05, 0.1) is 11.1 Å². The van der Waals surface area contributed by atoms with E-state index in [2.05, 4.69) is 10.1 Å². The number of rotatable bonds is 1. The van der Waals surface area contributed by atoms with Gasteiger partial charge < -0.3 is 10.3 Å². The van der Waals surface area contributed by atoms with Crippen LogP contribution in [0.5, 0.6) is 0 Å². The summed E-state index contributed by atoms with van der Waals surface area (Å²) >= 11 is 0. The molecule has 0 atom stereocenters. The lowest BCUT2D eigenvalue weighted by atomic mass is 10.2. The summed E-state index contributed by atoms with van der Waals surface area (Å²) in [7, 11) is 0. The SMILES string of the molecule is CCc1noc2nccc(N)c12. The van der Waals surface area contributed by atoms with Crippen molar-refractivity contribution in [1.29, 1.82) is 0 Å². The minimum atomic E-state index is 0.520. The molecule has 2 rings (SSSR count). The number of anilines is 1. The lowest BCUT2D eigenvalue weighted by molar-refractivity contribution is 0.440. The highest BCUT2D eigenvalue weighted by atomic mass is 16.5. The average Bonchev–Trinajstić information content (AvgIpc) is 2.49. The maximum atomic E-state index is 5.74. The van der Waals surface area contributed by atoms with E-state index in [1.165, 1.54) is 0 Å². The summed E-state index contributed by atoms with van der Waals surface area (Å²) in [6.45, 7) is 2.00. The number of pyridine rings is 1. The quantitative estimate of drug-likeness (QED) is 0.689. The second-order valence-corrected chi connectivity index (χ2v) is 2.56. The third-order valence-corrected chi connectivity index (χ3v) is 1.81. The van der Waals surface area contributed by atoms with Crippen LogP contribution < -0.4 is 5.73 Å². The third kappa shape index (κ3) is 0.845. The van der Waals surface area contributed by atoms with Crippen LogP contribution in [0.3, 0.4) is 0 Å². The molecule has 0 aliphatic rings. The summed E-state index contributed by atoms with van der Waals surface area (Å²) in [6, 6.07) is 1.75. The molecule has 0 aromatic carbocycles. The van der Waals surface area contributed by atoms with Gasteiger partial charge in [-0.25, -0.2) is 4.98 Å². The molecule has 0 bridgehead atoms. The van der Waals surface area contributed by atoms with Crippen molar-refractivity contribution in [3.05, 3.63) is 18.0 Å². The van der Waals surface area contributed by atoms with Gasteiger partial charge in [0.1, 0.15) is 0 Å². The van der Waals surface area contributed by atoms with Crippen molar-refractivity contribution in [2.45, 2.75) is 13.3 Å². The van der Waals surface area contributed by atoms with Gasteiger partial charge in [0.15, 0.2) is 0 Å². The van der Waals surface area contributed by atoms with Crippen molar-refractivity contribution in [3.63, 3.8) is 0 Å². The van der Waals surface area contributed by atoms with E-state index < -0.39 is 0 Å². The molecule has 2 aromatic heterocycles. The van der Waals surface area contributed by atoms with Gasteiger partial charge in [-0.3, -0.25) is 0 Å². The van der Waals surface area contributed by atoms with E-state index in [9.17, 15) is 0 Å². The molecule has 12 heavy (non-hydrogen) atoms. The minimum Gasteiger partial charge on any atom is -0.398 e. The Labute approximate surface area is 69.4 Å². The van der Waals surface area contributed by atoms with Crippen molar-refractivity contribution in [1.82, 2.24) is 10.1 Å². The molecule has 2 N–H and O–H groups in total. The number of nitrogens with two attached hydrogens (primary N) is 1. The topological polar surface area (TPSA) is 64.9 Å². The smallest absolute Gasteiger partial charge is 0.260 e. The number of nitrogen functional groups attached to an aromatic ring is 1. The van der Waals surface area contributed by atoms with Crippen LogP contribution in [-0.2, 0) is 6.42 Å². The molecule has 0 saturated carbocycles. The Morgan fingerprint density at radius 2 is 2.42 bits per heavy atom. The molecular formula is C8H9N3O. The Balaban J connectivity index is 2.83. The number of hydrogen-bond acceptors (Lipinski definition) is 4. The average molecular weight is 163 g/mol. The van der Waals surface area contributed by atoms with Crippen molar-refractivity contribution in [2.75, 3.05) is 5.73 Å². The molecule has 0 saturated heterocycles. The summed E-state index contributed by atoms with van der Waals surface area (Å²) < 4.78 is 4.98. The van der Waals surface area contributed by atoms with Crippen LogP contribution >= 0.6 is 0 Å². The molecule has 0 fully saturated rings. The van der Waals surface area contributed by atoms with E-state index in [4.69, 9.17) is 10.3 Å². The number of aryl methyl sites for hydroxylation is 1. The zero-order valence-corrected chi connectivity index (χ0v) is 6.74. The van der Waals surface area contributed by atoms with Gasteiger partial charge in [-0.1, -0.05) is 12.1 Å². The van der Waals surface area contributed by atoms with Gasteiger partial charge in [-0.2, -0.15) is 0 Å². The second kappa shape index (κ2) is 2.48. The minimum absolute atomic E-state index is 0.520. The summed E-state index contributed by atoms with van der Waals surface area (Å²) in [4.78, 5) is 4.00. The first-order valence-corrected chi connectivity index (χ1v) is 3.81. The predicted molar refractivity (Wildman–Crippen MR) is 45.6 cm³/mol. The van der Waals surface area contributed by atoms with Crippen LogP contribution in [0.25, 0.3) is 11.1 Å². The van der Waals surface area contributed by atoms with Crippen molar-refractivity contribution < 1.29 is 4.52 Å². The second-order valence-electron chi connectivity index (χ2n) is 2.56. The molecule has 2 heterocycles. The molecular weight excluding hydrogens is 154 g/mol. The number of nitrogens with zero attached hydrogens (tertiary/aromatic N) is 2. The fourth-order valence-electron chi connectivity index (χ4n) is 1.20.